The lowest BCUT2D eigenvalue weighted by Crippen LogP contribution is -2.35. The average Bonchev–Trinajstić information content (AvgIpc) is 3.66. The van der Waals surface area contributed by atoms with E-state index in [1.54, 1.807) is 18.2 Å². The molecule has 3 aromatic rings. The Bertz CT molecular complexity index is 1510. The van der Waals surface area contributed by atoms with Gasteiger partial charge in [-0.2, -0.15) is 0 Å². The molecule has 9 nitrogen and oxygen atoms in total. The lowest BCUT2D eigenvalue weighted by Gasteiger charge is -2.27. The SMILES string of the molecule is CCOCCOc1ccc([C@H]2[C@H](C(=O)O)[C@@H](c3cc(F)c4c(c3)OCO4)CN2CC(=O)Nc2c(CC)cc(Cl)cc2CC)cc1. The number of aryl methyl sites for hydroxylation is 2. The third kappa shape index (κ3) is 7.19. The predicted molar refractivity (Wildman–Crippen MR) is 168 cm³/mol. The maximum absolute atomic E-state index is 15.0. The van der Waals surface area contributed by atoms with Gasteiger partial charge in [0.15, 0.2) is 11.6 Å². The molecule has 3 atom stereocenters. The van der Waals surface area contributed by atoms with E-state index in [1.807, 2.05) is 49.9 Å². The van der Waals surface area contributed by atoms with Crippen LogP contribution in [0.15, 0.2) is 48.5 Å². The summed E-state index contributed by atoms with van der Waals surface area (Å²) in [6, 6.07) is 13.1. The van der Waals surface area contributed by atoms with Crippen LogP contribution in [-0.2, 0) is 27.2 Å². The smallest absolute Gasteiger partial charge is 0.309 e. The first kappa shape index (κ1) is 32.5. The quantitative estimate of drug-likeness (QED) is 0.212. The van der Waals surface area contributed by atoms with Crippen molar-refractivity contribution in [2.24, 2.45) is 5.92 Å². The summed E-state index contributed by atoms with van der Waals surface area (Å²) >= 11 is 6.32. The molecule has 0 unspecified atom stereocenters. The number of hydrogen-bond acceptors (Lipinski definition) is 7. The number of fused-ring (bicyclic) bond motifs is 1. The van der Waals surface area contributed by atoms with Gasteiger partial charge in [0, 0.05) is 35.8 Å². The molecule has 45 heavy (non-hydrogen) atoms. The van der Waals surface area contributed by atoms with Crippen LogP contribution in [0.25, 0.3) is 0 Å². The Kier molecular flexibility index (Phi) is 10.5. The zero-order valence-electron chi connectivity index (χ0n) is 25.6. The number of ether oxygens (including phenoxy) is 4. The molecule has 1 amide bonds. The molecule has 0 aromatic heterocycles. The summed E-state index contributed by atoms with van der Waals surface area (Å²) in [5.74, 6) is -2.73. The fourth-order valence-corrected chi connectivity index (χ4v) is 6.52. The first-order valence-electron chi connectivity index (χ1n) is 15.2. The summed E-state index contributed by atoms with van der Waals surface area (Å²) in [5.41, 5.74) is 3.73. The van der Waals surface area contributed by atoms with Crippen LogP contribution in [0, 0.1) is 11.7 Å². The molecular weight excluding hydrogens is 603 g/mol. The number of carboxylic acid groups (broad SMARTS) is 1. The largest absolute Gasteiger partial charge is 0.491 e. The summed E-state index contributed by atoms with van der Waals surface area (Å²) in [6.07, 6.45) is 1.35. The van der Waals surface area contributed by atoms with Crippen molar-refractivity contribution >= 4 is 29.2 Å². The molecule has 0 spiro atoms. The zero-order valence-corrected chi connectivity index (χ0v) is 26.4. The van der Waals surface area contributed by atoms with Gasteiger partial charge in [-0.3, -0.25) is 14.5 Å². The van der Waals surface area contributed by atoms with Gasteiger partial charge in [-0.15, -0.1) is 0 Å². The van der Waals surface area contributed by atoms with E-state index >= 15 is 4.39 Å². The van der Waals surface area contributed by atoms with E-state index in [9.17, 15) is 14.7 Å². The van der Waals surface area contributed by atoms with Crippen molar-refractivity contribution in [2.75, 3.05) is 45.0 Å². The van der Waals surface area contributed by atoms with Crippen molar-refractivity contribution in [2.45, 2.75) is 45.6 Å². The van der Waals surface area contributed by atoms with Gasteiger partial charge >= 0.3 is 5.97 Å². The molecule has 2 aliphatic heterocycles. The fourth-order valence-electron chi connectivity index (χ4n) is 6.26. The molecule has 0 aliphatic carbocycles. The van der Waals surface area contributed by atoms with Crippen molar-refractivity contribution in [3.63, 3.8) is 0 Å². The number of nitrogens with zero attached hydrogens (tertiary/aromatic N) is 1. The highest BCUT2D eigenvalue weighted by Crippen LogP contribution is 2.48. The van der Waals surface area contributed by atoms with Gasteiger partial charge in [-0.1, -0.05) is 37.6 Å². The second-order valence-corrected chi connectivity index (χ2v) is 11.5. The Labute approximate surface area is 267 Å². The lowest BCUT2D eigenvalue weighted by atomic mass is 9.82. The second-order valence-electron chi connectivity index (χ2n) is 11.1. The third-order valence-electron chi connectivity index (χ3n) is 8.32. The van der Waals surface area contributed by atoms with E-state index in [4.69, 9.17) is 30.5 Å². The summed E-state index contributed by atoms with van der Waals surface area (Å²) in [5, 5.41) is 14.3. The second kappa shape index (κ2) is 14.5. The van der Waals surface area contributed by atoms with E-state index in [0.717, 1.165) is 16.8 Å². The van der Waals surface area contributed by atoms with Crippen molar-refractivity contribution < 1.29 is 38.0 Å². The van der Waals surface area contributed by atoms with E-state index in [2.05, 4.69) is 5.32 Å². The van der Waals surface area contributed by atoms with Crippen molar-refractivity contribution in [1.82, 2.24) is 4.90 Å². The molecule has 240 valence electrons. The zero-order chi connectivity index (χ0) is 32.1. The molecule has 1 saturated heterocycles. The minimum absolute atomic E-state index is 0.0118. The number of aliphatic carboxylic acids is 1. The minimum Gasteiger partial charge on any atom is -0.491 e. The molecule has 2 aliphatic rings. The number of halogens is 2. The maximum atomic E-state index is 15.0. The highest BCUT2D eigenvalue weighted by atomic mass is 35.5. The van der Waals surface area contributed by atoms with E-state index in [1.165, 1.54) is 6.07 Å². The van der Waals surface area contributed by atoms with Gasteiger partial charge in [-0.05, 0) is 78.4 Å². The summed E-state index contributed by atoms with van der Waals surface area (Å²) in [4.78, 5) is 28.5. The van der Waals surface area contributed by atoms with Crippen molar-refractivity contribution in [1.29, 1.82) is 0 Å². The number of nitrogens with one attached hydrogen (secondary N) is 1. The van der Waals surface area contributed by atoms with Gasteiger partial charge in [0.2, 0.25) is 18.4 Å². The molecule has 11 heteroatoms. The number of likely N-dealkylation sites (tertiary alicyclic amines) is 1. The van der Waals surface area contributed by atoms with Crippen LogP contribution >= 0.6 is 11.6 Å². The fraction of sp³-hybridized carbons (Fsp3) is 0.412. The van der Waals surface area contributed by atoms with Gasteiger partial charge < -0.3 is 29.4 Å². The van der Waals surface area contributed by atoms with Gasteiger partial charge in [0.05, 0.1) is 19.1 Å². The van der Waals surface area contributed by atoms with Crippen molar-refractivity contribution in [3.05, 3.63) is 81.6 Å². The molecule has 3 aromatic carbocycles. The maximum Gasteiger partial charge on any atom is 0.309 e. The number of carbonyl (C=O) groups excluding carboxylic acids is 1. The number of hydrogen-bond donors (Lipinski definition) is 2. The van der Waals surface area contributed by atoms with Gasteiger partial charge in [0.1, 0.15) is 12.4 Å². The number of carbonyl (C=O) groups is 2. The molecule has 0 bridgehead atoms. The van der Waals surface area contributed by atoms with Crippen LogP contribution < -0.4 is 19.5 Å². The molecule has 2 N–H and O–H groups in total. The Morgan fingerprint density at radius 1 is 1.02 bits per heavy atom. The first-order chi connectivity index (χ1) is 21.7. The average molecular weight is 641 g/mol. The Balaban J connectivity index is 1.47. The molecule has 0 saturated carbocycles. The van der Waals surface area contributed by atoms with Crippen LogP contribution in [-0.4, -0.2) is 61.6 Å². The molecular formula is C34H38ClFN2O7. The Morgan fingerprint density at radius 2 is 1.73 bits per heavy atom. The van der Waals surface area contributed by atoms with E-state index in [0.29, 0.717) is 54.6 Å². The van der Waals surface area contributed by atoms with Crippen LogP contribution in [0.1, 0.15) is 55.0 Å². The predicted octanol–water partition coefficient (Wildman–Crippen LogP) is 6.23. The highest BCUT2D eigenvalue weighted by molar-refractivity contribution is 6.30. The normalized spacial score (nSPS) is 19.1. The number of benzene rings is 3. The number of anilines is 1. The number of amides is 1. The van der Waals surface area contributed by atoms with E-state index in [-0.39, 0.29) is 37.3 Å². The van der Waals surface area contributed by atoms with Crippen LogP contribution in [0.2, 0.25) is 5.02 Å². The van der Waals surface area contributed by atoms with Crippen LogP contribution in [0.4, 0.5) is 10.1 Å². The van der Waals surface area contributed by atoms with Crippen LogP contribution in [0.5, 0.6) is 17.2 Å². The number of rotatable bonds is 13. The molecule has 0 radical (unpaired) electrons. The first-order valence-corrected chi connectivity index (χ1v) is 15.6. The Hall–Kier alpha value is -3.86. The lowest BCUT2D eigenvalue weighted by molar-refractivity contribution is -0.143. The third-order valence-corrected chi connectivity index (χ3v) is 8.54. The van der Waals surface area contributed by atoms with E-state index < -0.39 is 29.7 Å². The highest BCUT2D eigenvalue weighted by Gasteiger charge is 2.48. The van der Waals surface area contributed by atoms with Crippen molar-refractivity contribution in [3.8, 4) is 17.2 Å². The monoisotopic (exact) mass is 640 g/mol. The van der Waals surface area contributed by atoms with Crippen LogP contribution in [0.3, 0.4) is 0 Å². The Morgan fingerprint density at radius 3 is 2.38 bits per heavy atom. The molecule has 1 fully saturated rings. The summed E-state index contributed by atoms with van der Waals surface area (Å²) < 4.78 is 36.8. The molecule has 5 rings (SSSR count). The summed E-state index contributed by atoms with van der Waals surface area (Å²) in [7, 11) is 0. The van der Waals surface area contributed by atoms with Gasteiger partial charge in [0.25, 0.3) is 0 Å². The topological polar surface area (TPSA) is 107 Å². The molecule has 2 heterocycles. The standard InChI is InChI=1S/C34H38ClFN2O7/c1-4-20-13-24(35)14-21(5-2)31(20)37-29(39)18-38-17-26(23-15-27(36)33-28(16-23)44-19-45-33)30(34(40)41)32(38)22-7-9-25(10-8-22)43-12-11-42-6-3/h7-10,13-16,26,30,32H,4-6,11-12,17-19H2,1-3H3,(H,37,39)(H,40,41)/t26-,30-,32+/m1/s1. The van der Waals surface area contributed by atoms with Gasteiger partial charge in [-0.25, -0.2) is 4.39 Å². The minimum atomic E-state index is -1.05. The number of carboxylic acids is 1. The summed E-state index contributed by atoms with van der Waals surface area (Å²) in [6.45, 7) is 7.32.